The first-order valence-corrected chi connectivity index (χ1v) is 11.3. The fraction of sp³-hybridized carbons (Fsp3) is 0.550. The quantitative estimate of drug-likeness (QED) is 0.696. The number of carbonyl (C=O) groups excluding carboxylic acids is 1. The highest BCUT2D eigenvalue weighted by atomic mass is 35.5. The summed E-state index contributed by atoms with van der Waals surface area (Å²) in [5.41, 5.74) is 1.75. The van der Waals surface area contributed by atoms with Gasteiger partial charge in [-0.1, -0.05) is 36.4 Å². The Labute approximate surface area is 175 Å². The van der Waals surface area contributed by atoms with Crippen molar-refractivity contribution < 1.29 is 4.79 Å². The van der Waals surface area contributed by atoms with Crippen molar-refractivity contribution in [1.29, 1.82) is 0 Å². The van der Waals surface area contributed by atoms with Crippen LogP contribution in [0.3, 0.4) is 0 Å². The molecule has 0 atom stereocenters. The lowest BCUT2D eigenvalue weighted by Crippen LogP contribution is -2.34. The number of amides is 1. The van der Waals surface area contributed by atoms with Crippen molar-refractivity contribution >= 4 is 40.9 Å². The summed E-state index contributed by atoms with van der Waals surface area (Å²) in [6, 6.07) is 5.98. The lowest BCUT2D eigenvalue weighted by molar-refractivity contribution is -0.113. The summed E-state index contributed by atoms with van der Waals surface area (Å²) in [7, 11) is 0. The highest BCUT2D eigenvalue weighted by molar-refractivity contribution is 7.99. The van der Waals surface area contributed by atoms with E-state index >= 15 is 0 Å². The number of nitrogens with one attached hydrogen (secondary N) is 1. The monoisotopic (exact) mass is 419 g/mol. The van der Waals surface area contributed by atoms with Gasteiger partial charge >= 0.3 is 0 Å². The van der Waals surface area contributed by atoms with E-state index in [1.807, 2.05) is 19.1 Å². The van der Waals surface area contributed by atoms with Crippen LogP contribution in [0.15, 0.2) is 23.4 Å². The number of hydrogen-bond acceptors (Lipinski definition) is 5. The predicted molar refractivity (Wildman–Crippen MR) is 114 cm³/mol. The molecule has 4 rings (SSSR count). The first kappa shape index (κ1) is 19.6. The maximum Gasteiger partial charge on any atom is 0.234 e. The Morgan fingerprint density at radius 3 is 2.71 bits per heavy atom. The van der Waals surface area contributed by atoms with E-state index in [0.717, 1.165) is 54.2 Å². The zero-order valence-electron chi connectivity index (χ0n) is 16.3. The molecular weight excluding hydrogens is 394 g/mol. The average molecular weight is 420 g/mol. The van der Waals surface area contributed by atoms with Crippen LogP contribution in [0.1, 0.15) is 44.2 Å². The third-order valence-corrected chi connectivity index (χ3v) is 6.61. The second-order valence-corrected chi connectivity index (χ2v) is 9.23. The molecule has 2 fully saturated rings. The van der Waals surface area contributed by atoms with E-state index in [2.05, 4.69) is 31.9 Å². The van der Waals surface area contributed by atoms with Gasteiger partial charge in [0.1, 0.15) is 0 Å². The van der Waals surface area contributed by atoms with Crippen LogP contribution in [0.4, 0.5) is 11.6 Å². The van der Waals surface area contributed by atoms with Crippen LogP contribution in [-0.2, 0) is 4.79 Å². The number of thioether (sulfide) groups is 1. The van der Waals surface area contributed by atoms with E-state index in [-0.39, 0.29) is 5.91 Å². The zero-order chi connectivity index (χ0) is 19.7. The summed E-state index contributed by atoms with van der Waals surface area (Å²) in [5.74, 6) is 1.99. The molecule has 0 unspecified atom stereocenters. The maximum absolute atomic E-state index is 12.4. The normalized spacial score (nSPS) is 17.8. The fourth-order valence-electron chi connectivity index (χ4n) is 3.49. The van der Waals surface area contributed by atoms with Crippen molar-refractivity contribution in [2.24, 2.45) is 5.92 Å². The first-order chi connectivity index (χ1) is 13.5. The summed E-state index contributed by atoms with van der Waals surface area (Å²) in [6.45, 7) is 6.33. The number of benzene rings is 1. The highest BCUT2D eigenvalue weighted by Gasteiger charge is 2.32. The van der Waals surface area contributed by atoms with Crippen LogP contribution in [0, 0.1) is 12.8 Å². The topological polar surface area (TPSA) is 63.1 Å². The van der Waals surface area contributed by atoms with Crippen molar-refractivity contribution in [3.8, 4) is 0 Å². The lowest BCUT2D eigenvalue weighted by Gasteiger charge is -2.31. The molecule has 1 aromatic heterocycles. The number of hydrogen-bond donors (Lipinski definition) is 1. The number of nitrogens with zero attached hydrogens (tertiary/aromatic N) is 4. The number of aromatic nitrogens is 3. The zero-order valence-corrected chi connectivity index (χ0v) is 17.9. The summed E-state index contributed by atoms with van der Waals surface area (Å²) in [5, 5.41) is 13.3. The molecule has 2 aliphatic rings. The molecule has 1 aliphatic heterocycles. The second kappa shape index (κ2) is 8.33. The van der Waals surface area contributed by atoms with Crippen LogP contribution >= 0.6 is 23.4 Å². The van der Waals surface area contributed by atoms with Crippen molar-refractivity contribution in [1.82, 2.24) is 14.8 Å². The summed E-state index contributed by atoms with van der Waals surface area (Å²) in [6.07, 6.45) is 4.72. The molecule has 1 saturated heterocycles. The summed E-state index contributed by atoms with van der Waals surface area (Å²) in [4.78, 5) is 14.8. The van der Waals surface area contributed by atoms with Gasteiger partial charge in [0.2, 0.25) is 11.9 Å². The van der Waals surface area contributed by atoms with Gasteiger partial charge in [0, 0.05) is 29.8 Å². The van der Waals surface area contributed by atoms with Gasteiger partial charge < -0.3 is 10.2 Å². The largest absolute Gasteiger partial charge is 0.341 e. The van der Waals surface area contributed by atoms with Crippen molar-refractivity contribution in [2.45, 2.75) is 50.7 Å². The van der Waals surface area contributed by atoms with Crippen LogP contribution in [0.25, 0.3) is 0 Å². The van der Waals surface area contributed by atoms with E-state index in [4.69, 9.17) is 11.6 Å². The number of halogens is 1. The van der Waals surface area contributed by atoms with Gasteiger partial charge in [-0.25, -0.2) is 0 Å². The molecule has 1 aromatic carbocycles. The molecule has 28 heavy (non-hydrogen) atoms. The van der Waals surface area contributed by atoms with Gasteiger partial charge in [0.15, 0.2) is 5.16 Å². The minimum atomic E-state index is -0.0611. The highest BCUT2D eigenvalue weighted by Crippen LogP contribution is 2.41. The molecule has 0 radical (unpaired) electrons. The summed E-state index contributed by atoms with van der Waals surface area (Å²) < 4.78 is 2.25. The number of rotatable bonds is 6. The molecule has 1 saturated carbocycles. The van der Waals surface area contributed by atoms with Crippen molar-refractivity contribution in [3.63, 3.8) is 0 Å². The van der Waals surface area contributed by atoms with Crippen molar-refractivity contribution in [3.05, 3.63) is 28.8 Å². The van der Waals surface area contributed by atoms with Crippen molar-refractivity contribution in [2.75, 3.05) is 29.1 Å². The van der Waals surface area contributed by atoms with E-state index in [1.54, 1.807) is 6.07 Å². The van der Waals surface area contributed by atoms with Gasteiger partial charge in [-0.2, -0.15) is 0 Å². The minimum absolute atomic E-state index is 0.0611. The minimum Gasteiger partial charge on any atom is -0.341 e. The van der Waals surface area contributed by atoms with Gasteiger partial charge in [0.05, 0.1) is 5.75 Å². The van der Waals surface area contributed by atoms with E-state index in [1.165, 1.54) is 24.6 Å². The summed E-state index contributed by atoms with van der Waals surface area (Å²) >= 11 is 7.49. The second-order valence-electron chi connectivity index (χ2n) is 7.85. The predicted octanol–water partition coefficient (Wildman–Crippen LogP) is 4.54. The Hall–Kier alpha value is -1.73. The third-order valence-electron chi connectivity index (χ3n) is 5.43. The van der Waals surface area contributed by atoms with Crippen LogP contribution in [0.5, 0.6) is 0 Å². The fourth-order valence-corrected chi connectivity index (χ4v) is 4.46. The Morgan fingerprint density at radius 1 is 1.25 bits per heavy atom. The smallest absolute Gasteiger partial charge is 0.234 e. The lowest BCUT2D eigenvalue weighted by atomic mass is 10.00. The third kappa shape index (κ3) is 4.46. The molecule has 0 bridgehead atoms. The van der Waals surface area contributed by atoms with Gasteiger partial charge in [-0.05, 0) is 56.2 Å². The van der Waals surface area contributed by atoms with Gasteiger partial charge in [-0.3, -0.25) is 9.36 Å². The Morgan fingerprint density at radius 2 is 2.00 bits per heavy atom. The molecule has 8 heteroatoms. The van der Waals surface area contributed by atoms with Crippen LogP contribution < -0.4 is 10.2 Å². The maximum atomic E-state index is 12.4. The van der Waals surface area contributed by atoms with E-state index < -0.39 is 0 Å². The SMILES string of the molecule is Cc1ccc(Cl)cc1NC(=O)CSc1nnc(N2CCC(C)CC2)n1C1CC1. The number of aryl methyl sites for hydroxylation is 1. The number of anilines is 2. The Bertz CT molecular complexity index is 858. The van der Waals surface area contributed by atoms with E-state index in [0.29, 0.717) is 16.8 Å². The van der Waals surface area contributed by atoms with Gasteiger partial charge in [-0.15, -0.1) is 10.2 Å². The number of carbonyl (C=O) groups is 1. The molecule has 1 aliphatic carbocycles. The first-order valence-electron chi connectivity index (χ1n) is 9.90. The van der Waals surface area contributed by atoms with Crippen LogP contribution in [0.2, 0.25) is 5.02 Å². The molecule has 0 spiro atoms. The molecule has 6 nitrogen and oxygen atoms in total. The molecule has 2 heterocycles. The Kier molecular flexibility index (Phi) is 5.83. The van der Waals surface area contributed by atoms with Crippen LogP contribution in [-0.4, -0.2) is 39.5 Å². The molecule has 150 valence electrons. The molecule has 1 amide bonds. The molecule has 1 N–H and O–H groups in total. The average Bonchev–Trinajstić information content (AvgIpc) is 3.43. The Balaban J connectivity index is 1.42. The molecular formula is C20H26ClN5OS. The van der Waals surface area contributed by atoms with Gasteiger partial charge in [0.25, 0.3) is 0 Å². The number of piperidine rings is 1. The van der Waals surface area contributed by atoms with E-state index in [9.17, 15) is 4.79 Å². The standard InChI is InChI=1S/C20H26ClN5OS/c1-13-7-9-25(10-8-13)19-23-24-20(26(19)16-5-6-16)28-12-18(27)22-17-11-15(21)4-3-14(17)2/h3-4,11,13,16H,5-10,12H2,1-2H3,(H,22,27). The molecule has 2 aromatic rings.